The summed E-state index contributed by atoms with van der Waals surface area (Å²) in [7, 11) is 0. The monoisotopic (exact) mass is 448 g/mol. The first kappa shape index (κ1) is 20.5. The number of aromatic amines is 1. The number of carbonyl (C=O) groups is 1. The van der Waals surface area contributed by atoms with Gasteiger partial charge in [0.1, 0.15) is 10.7 Å². The van der Waals surface area contributed by atoms with Gasteiger partial charge in [-0.05, 0) is 37.7 Å². The second-order valence-corrected chi connectivity index (χ2v) is 10.4. The smallest absolute Gasteiger partial charge is 0.259 e. The third-order valence-corrected chi connectivity index (χ3v) is 8.41. The molecule has 3 aliphatic rings. The summed E-state index contributed by atoms with van der Waals surface area (Å²) in [5.74, 6) is 1.83. The van der Waals surface area contributed by atoms with Crippen molar-refractivity contribution in [1.29, 1.82) is 0 Å². The molecular weight excluding hydrogens is 420 g/mol. The van der Waals surface area contributed by atoms with Gasteiger partial charge in [-0.25, -0.2) is 4.98 Å². The van der Waals surface area contributed by atoms with Crippen LogP contribution < -0.4 is 5.56 Å². The molecule has 2 aliphatic heterocycles. The number of carbonyl (C=O) groups excluding carboxylic acids is 1. The highest BCUT2D eigenvalue weighted by Crippen LogP contribution is 2.34. The molecule has 0 spiro atoms. The van der Waals surface area contributed by atoms with Crippen molar-refractivity contribution in [1.82, 2.24) is 19.8 Å². The lowest BCUT2D eigenvalue weighted by Gasteiger charge is -2.35. The Bertz CT molecular complexity index is 975. The first-order valence-corrected chi connectivity index (χ1v) is 12.9. The molecular formula is C21H28N4O3S2. The minimum atomic E-state index is -0.0244. The fourth-order valence-electron chi connectivity index (χ4n) is 4.70. The minimum absolute atomic E-state index is 0.0244. The number of fused-ring (bicyclic) bond motifs is 3. The second kappa shape index (κ2) is 8.98. The summed E-state index contributed by atoms with van der Waals surface area (Å²) in [5.41, 5.74) is 1.18. The Morgan fingerprint density at radius 3 is 2.90 bits per heavy atom. The van der Waals surface area contributed by atoms with E-state index in [1.807, 2.05) is 4.90 Å². The van der Waals surface area contributed by atoms with Crippen LogP contribution in [0.5, 0.6) is 0 Å². The Labute approximate surface area is 184 Å². The summed E-state index contributed by atoms with van der Waals surface area (Å²) in [6.07, 6.45) is 5.89. The van der Waals surface area contributed by atoms with Gasteiger partial charge in [0.2, 0.25) is 5.91 Å². The molecule has 2 saturated heterocycles. The van der Waals surface area contributed by atoms with Crippen LogP contribution in [0.1, 0.15) is 35.5 Å². The predicted octanol–water partition coefficient (Wildman–Crippen LogP) is 2.03. The summed E-state index contributed by atoms with van der Waals surface area (Å²) < 4.78 is 5.72. The van der Waals surface area contributed by atoms with Crippen LogP contribution in [0, 0.1) is 0 Å². The number of H-pyrrole nitrogens is 1. The maximum Gasteiger partial charge on any atom is 0.259 e. The zero-order valence-electron chi connectivity index (χ0n) is 17.2. The molecule has 2 aromatic rings. The van der Waals surface area contributed by atoms with Gasteiger partial charge in [0.25, 0.3) is 5.56 Å². The molecule has 0 radical (unpaired) electrons. The Hall–Kier alpha value is -1.42. The van der Waals surface area contributed by atoms with Crippen LogP contribution in [-0.2, 0) is 28.1 Å². The molecule has 7 nitrogen and oxygen atoms in total. The lowest BCUT2D eigenvalue weighted by molar-refractivity contribution is -0.130. The number of amides is 1. The SMILES string of the molecule is O=C(CSCc1nc2sc3c(c2c(=O)[nH]1)CCC3)N1CCN(CC2CCCO2)CC1. The Balaban J connectivity index is 1.10. The highest BCUT2D eigenvalue weighted by atomic mass is 32.2. The molecule has 5 rings (SSSR count). The number of nitrogens with one attached hydrogen (secondary N) is 1. The molecule has 30 heavy (non-hydrogen) atoms. The van der Waals surface area contributed by atoms with Gasteiger partial charge in [-0.15, -0.1) is 23.1 Å². The van der Waals surface area contributed by atoms with E-state index in [-0.39, 0.29) is 11.5 Å². The van der Waals surface area contributed by atoms with Crippen molar-refractivity contribution < 1.29 is 9.53 Å². The molecule has 2 aromatic heterocycles. The van der Waals surface area contributed by atoms with Crippen molar-refractivity contribution >= 4 is 39.2 Å². The molecule has 162 valence electrons. The van der Waals surface area contributed by atoms with Gasteiger partial charge in [-0.3, -0.25) is 14.5 Å². The van der Waals surface area contributed by atoms with Gasteiger partial charge in [0.15, 0.2) is 0 Å². The summed E-state index contributed by atoms with van der Waals surface area (Å²) in [5, 5.41) is 0.790. The lowest BCUT2D eigenvalue weighted by atomic mass is 10.2. The average Bonchev–Trinajstić information content (AvgIpc) is 3.46. The largest absolute Gasteiger partial charge is 0.377 e. The first-order valence-electron chi connectivity index (χ1n) is 10.9. The Morgan fingerprint density at radius 2 is 2.10 bits per heavy atom. The van der Waals surface area contributed by atoms with Crippen molar-refractivity contribution in [3.8, 4) is 0 Å². The second-order valence-electron chi connectivity index (χ2n) is 8.36. The fourth-order valence-corrected chi connectivity index (χ4v) is 6.77. The van der Waals surface area contributed by atoms with Crippen LogP contribution in [0.15, 0.2) is 4.79 Å². The number of nitrogens with zero attached hydrogens (tertiary/aromatic N) is 3. The number of aryl methyl sites for hydroxylation is 2. The van der Waals surface area contributed by atoms with E-state index in [2.05, 4.69) is 14.9 Å². The van der Waals surface area contributed by atoms with E-state index in [0.717, 1.165) is 75.2 Å². The van der Waals surface area contributed by atoms with Gasteiger partial charge in [-0.1, -0.05) is 0 Å². The summed E-state index contributed by atoms with van der Waals surface area (Å²) in [6.45, 7) is 5.30. The molecule has 9 heteroatoms. The number of thiophene rings is 1. The van der Waals surface area contributed by atoms with Crippen molar-refractivity contribution in [2.24, 2.45) is 0 Å². The molecule has 1 unspecified atom stereocenters. The fraction of sp³-hybridized carbons (Fsp3) is 0.667. The minimum Gasteiger partial charge on any atom is -0.377 e. The van der Waals surface area contributed by atoms with Crippen molar-refractivity contribution in [3.05, 3.63) is 26.6 Å². The number of rotatable bonds is 6. The van der Waals surface area contributed by atoms with Crippen LogP contribution in [0.25, 0.3) is 10.2 Å². The van der Waals surface area contributed by atoms with Crippen molar-refractivity contribution in [2.75, 3.05) is 45.1 Å². The molecule has 0 bridgehead atoms. The molecule has 1 atom stereocenters. The maximum absolute atomic E-state index is 12.6. The van der Waals surface area contributed by atoms with E-state index in [1.54, 1.807) is 11.3 Å². The third kappa shape index (κ3) is 4.30. The number of hydrogen-bond donors (Lipinski definition) is 1. The molecule has 1 aliphatic carbocycles. The normalized spacial score (nSPS) is 22.1. The molecule has 4 heterocycles. The topological polar surface area (TPSA) is 78.5 Å². The molecule has 2 fully saturated rings. The predicted molar refractivity (Wildman–Crippen MR) is 120 cm³/mol. The number of aromatic nitrogens is 2. The van der Waals surface area contributed by atoms with Crippen LogP contribution >= 0.6 is 23.1 Å². The number of piperazine rings is 1. The summed E-state index contributed by atoms with van der Waals surface area (Å²) in [4.78, 5) is 39.3. The van der Waals surface area contributed by atoms with Gasteiger partial charge in [-0.2, -0.15) is 0 Å². The van der Waals surface area contributed by atoms with E-state index in [1.165, 1.54) is 28.6 Å². The van der Waals surface area contributed by atoms with Crippen molar-refractivity contribution in [3.63, 3.8) is 0 Å². The van der Waals surface area contributed by atoms with E-state index in [4.69, 9.17) is 4.74 Å². The van der Waals surface area contributed by atoms with Crippen LogP contribution in [0.2, 0.25) is 0 Å². The highest BCUT2D eigenvalue weighted by molar-refractivity contribution is 7.99. The zero-order valence-corrected chi connectivity index (χ0v) is 18.8. The van der Waals surface area contributed by atoms with E-state index in [9.17, 15) is 9.59 Å². The van der Waals surface area contributed by atoms with Gasteiger partial charge in [0.05, 0.1) is 23.0 Å². The molecule has 0 saturated carbocycles. The van der Waals surface area contributed by atoms with E-state index >= 15 is 0 Å². The maximum atomic E-state index is 12.6. The van der Waals surface area contributed by atoms with E-state index in [0.29, 0.717) is 23.4 Å². The first-order chi connectivity index (χ1) is 14.7. The van der Waals surface area contributed by atoms with Gasteiger partial charge >= 0.3 is 0 Å². The van der Waals surface area contributed by atoms with Gasteiger partial charge in [0, 0.05) is 44.2 Å². The van der Waals surface area contributed by atoms with E-state index < -0.39 is 0 Å². The molecule has 1 amide bonds. The number of ether oxygens (including phenoxy) is 1. The van der Waals surface area contributed by atoms with Crippen LogP contribution in [0.3, 0.4) is 0 Å². The Morgan fingerprint density at radius 1 is 1.23 bits per heavy atom. The molecule has 0 aromatic carbocycles. The lowest BCUT2D eigenvalue weighted by Crippen LogP contribution is -2.50. The average molecular weight is 449 g/mol. The highest BCUT2D eigenvalue weighted by Gasteiger charge is 2.25. The standard InChI is InChI=1S/C21H28N4O3S2/c26-18(25-8-6-24(7-9-25)11-14-3-2-10-28-14)13-29-12-17-22-20(27)19-15-4-1-5-16(15)30-21(19)23-17/h14H,1-13H2,(H,22,23,27). The summed E-state index contributed by atoms with van der Waals surface area (Å²) >= 11 is 3.19. The van der Waals surface area contributed by atoms with Crippen LogP contribution in [-0.4, -0.2) is 76.9 Å². The number of thioether (sulfide) groups is 1. The number of hydrogen-bond acceptors (Lipinski definition) is 7. The van der Waals surface area contributed by atoms with Crippen molar-refractivity contribution in [2.45, 2.75) is 44.0 Å². The summed E-state index contributed by atoms with van der Waals surface area (Å²) in [6, 6.07) is 0. The Kier molecular flexibility index (Phi) is 6.13. The van der Waals surface area contributed by atoms with Crippen LogP contribution in [0.4, 0.5) is 0 Å². The third-order valence-electron chi connectivity index (χ3n) is 6.30. The van der Waals surface area contributed by atoms with Gasteiger partial charge < -0.3 is 14.6 Å². The zero-order chi connectivity index (χ0) is 20.5. The molecule has 1 N–H and O–H groups in total. The quantitative estimate of drug-likeness (QED) is 0.729.